The molecule has 0 saturated heterocycles. The highest BCUT2D eigenvalue weighted by atomic mass is 16.5. The number of hydrogen-bond donors (Lipinski definition) is 2. The lowest BCUT2D eigenvalue weighted by atomic mass is 9.97. The summed E-state index contributed by atoms with van der Waals surface area (Å²) in [6.07, 6.45) is 3.75. The molecule has 1 aromatic heterocycles. The zero-order chi connectivity index (χ0) is 15.5. The predicted molar refractivity (Wildman–Crippen MR) is 82.6 cm³/mol. The summed E-state index contributed by atoms with van der Waals surface area (Å²) in [6, 6.07) is 6.80. The van der Waals surface area contributed by atoms with Gasteiger partial charge in [-0.15, -0.1) is 0 Å². The van der Waals surface area contributed by atoms with Crippen LogP contribution in [-0.2, 0) is 17.6 Å². The summed E-state index contributed by atoms with van der Waals surface area (Å²) < 4.78 is 4.65. The maximum Gasteiger partial charge on any atom is 0.337 e. The van der Waals surface area contributed by atoms with E-state index < -0.39 is 0 Å². The molecule has 0 unspecified atom stereocenters. The molecule has 0 fully saturated rings. The summed E-state index contributed by atoms with van der Waals surface area (Å²) in [5, 5.41) is 3.06. The van der Waals surface area contributed by atoms with Crippen molar-refractivity contribution in [2.45, 2.75) is 25.7 Å². The highest BCUT2D eigenvalue weighted by Gasteiger charge is 2.15. The fraction of sp³-hybridized carbons (Fsp3) is 0.312. The maximum atomic E-state index is 12.1. The van der Waals surface area contributed by atoms with Crippen LogP contribution in [0.3, 0.4) is 0 Å². The van der Waals surface area contributed by atoms with Crippen LogP contribution in [0.25, 0.3) is 0 Å². The number of fused-ring (bicyclic) bond motifs is 1. The first-order valence-electron chi connectivity index (χ1n) is 7.25. The van der Waals surface area contributed by atoms with Crippen molar-refractivity contribution in [2.24, 2.45) is 0 Å². The van der Waals surface area contributed by atoms with Crippen LogP contribution in [0.4, 0.5) is 11.6 Å². The van der Waals surface area contributed by atoms with Gasteiger partial charge in [0.1, 0.15) is 0 Å². The number of ether oxygens (including phenoxy) is 1. The Morgan fingerprint density at radius 3 is 2.68 bits per heavy atom. The summed E-state index contributed by atoms with van der Waals surface area (Å²) >= 11 is 0. The molecule has 6 heteroatoms. The van der Waals surface area contributed by atoms with Crippen molar-refractivity contribution in [3.63, 3.8) is 0 Å². The van der Waals surface area contributed by atoms with Gasteiger partial charge in [0.25, 0.3) is 5.56 Å². The number of hydrogen-bond acceptors (Lipinski definition) is 5. The molecule has 0 amide bonds. The smallest absolute Gasteiger partial charge is 0.337 e. The first-order chi connectivity index (χ1) is 10.7. The average molecular weight is 299 g/mol. The van der Waals surface area contributed by atoms with Crippen LogP contribution in [0.15, 0.2) is 29.1 Å². The van der Waals surface area contributed by atoms with Crippen LogP contribution in [0.5, 0.6) is 0 Å². The second-order valence-corrected chi connectivity index (χ2v) is 5.24. The lowest BCUT2D eigenvalue weighted by molar-refractivity contribution is 0.0601. The van der Waals surface area contributed by atoms with Crippen molar-refractivity contribution < 1.29 is 9.53 Å². The van der Waals surface area contributed by atoms with Gasteiger partial charge < -0.3 is 10.1 Å². The molecular weight excluding hydrogens is 282 g/mol. The summed E-state index contributed by atoms with van der Waals surface area (Å²) in [4.78, 5) is 30.7. The summed E-state index contributed by atoms with van der Waals surface area (Å²) in [5.41, 5.74) is 2.83. The quantitative estimate of drug-likeness (QED) is 0.849. The molecule has 22 heavy (non-hydrogen) atoms. The van der Waals surface area contributed by atoms with E-state index in [1.807, 2.05) is 0 Å². The first-order valence-corrected chi connectivity index (χ1v) is 7.25. The van der Waals surface area contributed by atoms with Crippen LogP contribution in [0.2, 0.25) is 0 Å². The third-order valence-electron chi connectivity index (χ3n) is 3.76. The Kier molecular flexibility index (Phi) is 3.91. The minimum Gasteiger partial charge on any atom is -0.465 e. The number of aromatic nitrogens is 2. The van der Waals surface area contributed by atoms with Gasteiger partial charge >= 0.3 is 5.97 Å². The van der Waals surface area contributed by atoms with Crippen molar-refractivity contribution in [1.82, 2.24) is 9.97 Å². The van der Waals surface area contributed by atoms with Crippen molar-refractivity contribution in [3.8, 4) is 0 Å². The van der Waals surface area contributed by atoms with Crippen molar-refractivity contribution in [3.05, 3.63) is 51.4 Å². The molecule has 3 rings (SSSR count). The molecule has 0 atom stereocenters. The van der Waals surface area contributed by atoms with E-state index in [0.29, 0.717) is 11.5 Å². The predicted octanol–water partition coefficient (Wildman–Crippen LogP) is 2.18. The van der Waals surface area contributed by atoms with E-state index in [-0.39, 0.29) is 11.5 Å². The van der Waals surface area contributed by atoms with Gasteiger partial charge in [0, 0.05) is 11.3 Å². The topological polar surface area (TPSA) is 84.1 Å². The largest absolute Gasteiger partial charge is 0.465 e. The first kappa shape index (κ1) is 14.3. The lowest BCUT2D eigenvalue weighted by Gasteiger charge is -2.15. The molecule has 1 heterocycles. The van der Waals surface area contributed by atoms with Crippen LogP contribution < -0.4 is 10.9 Å². The maximum absolute atomic E-state index is 12.1. The molecule has 2 N–H and O–H groups in total. The number of aryl methyl sites for hydroxylation is 1. The molecule has 0 spiro atoms. The van der Waals surface area contributed by atoms with Gasteiger partial charge in [0.15, 0.2) is 0 Å². The van der Waals surface area contributed by atoms with E-state index in [9.17, 15) is 9.59 Å². The molecule has 6 nitrogen and oxygen atoms in total. The fourth-order valence-corrected chi connectivity index (χ4v) is 2.61. The summed E-state index contributed by atoms with van der Waals surface area (Å²) in [5.74, 6) is 0.0448. The van der Waals surface area contributed by atoms with Gasteiger partial charge in [0.05, 0.1) is 18.4 Å². The lowest BCUT2D eigenvalue weighted by Crippen LogP contribution is -2.22. The van der Waals surface area contributed by atoms with Crippen LogP contribution in [0.1, 0.15) is 34.5 Å². The SMILES string of the molecule is COC(=O)c1ccc(Nc2nc3c(c(=O)[nH]2)CCCC3)cc1. The molecule has 1 aliphatic rings. The van der Waals surface area contributed by atoms with E-state index in [2.05, 4.69) is 20.0 Å². The van der Waals surface area contributed by atoms with Gasteiger partial charge in [-0.05, 0) is 49.9 Å². The zero-order valence-corrected chi connectivity index (χ0v) is 12.3. The van der Waals surface area contributed by atoms with Crippen molar-refractivity contribution in [2.75, 3.05) is 12.4 Å². The number of anilines is 2. The number of benzene rings is 1. The minimum atomic E-state index is -0.383. The standard InChI is InChI=1S/C16H17N3O3/c1-22-15(21)10-6-8-11(9-7-10)17-16-18-13-5-3-2-4-12(13)14(20)19-16/h6-9H,2-5H2,1H3,(H2,17,18,19,20). The molecular formula is C16H17N3O3. The van der Waals surface area contributed by atoms with Crippen molar-refractivity contribution >= 4 is 17.6 Å². The number of methoxy groups -OCH3 is 1. The van der Waals surface area contributed by atoms with Crippen LogP contribution in [0, 0.1) is 0 Å². The number of nitrogens with zero attached hydrogens (tertiary/aromatic N) is 1. The monoisotopic (exact) mass is 299 g/mol. The Labute approximate surface area is 127 Å². The molecule has 2 aromatic rings. The molecule has 0 bridgehead atoms. The van der Waals surface area contributed by atoms with Gasteiger partial charge in [-0.3, -0.25) is 9.78 Å². The van der Waals surface area contributed by atoms with E-state index >= 15 is 0 Å². The van der Waals surface area contributed by atoms with E-state index in [4.69, 9.17) is 0 Å². The Bertz CT molecular complexity index is 750. The van der Waals surface area contributed by atoms with E-state index in [1.54, 1.807) is 24.3 Å². The van der Waals surface area contributed by atoms with E-state index in [0.717, 1.165) is 42.6 Å². The second-order valence-electron chi connectivity index (χ2n) is 5.24. The zero-order valence-electron chi connectivity index (χ0n) is 12.3. The molecule has 0 radical (unpaired) electrons. The Morgan fingerprint density at radius 2 is 1.95 bits per heavy atom. The highest BCUT2D eigenvalue weighted by Crippen LogP contribution is 2.19. The van der Waals surface area contributed by atoms with Crippen molar-refractivity contribution in [1.29, 1.82) is 0 Å². The number of esters is 1. The fourth-order valence-electron chi connectivity index (χ4n) is 2.61. The van der Waals surface area contributed by atoms with Crippen LogP contribution in [-0.4, -0.2) is 23.0 Å². The van der Waals surface area contributed by atoms with Crippen LogP contribution >= 0.6 is 0 Å². The molecule has 1 aromatic carbocycles. The molecule has 114 valence electrons. The Morgan fingerprint density at radius 1 is 1.23 bits per heavy atom. The highest BCUT2D eigenvalue weighted by molar-refractivity contribution is 5.89. The van der Waals surface area contributed by atoms with E-state index in [1.165, 1.54) is 7.11 Å². The number of H-pyrrole nitrogens is 1. The molecule has 0 saturated carbocycles. The normalized spacial score (nSPS) is 13.3. The Balaban J connectivity index is 1.82. The number of aromatic amines is 1. The third-order valence-corrected chi connectivity index (χ3v) is 3.76. The second kappa shape index (κ2) is 6.01. The number of carbonyl (C=O) groups excluding carboxylic acids is 1. The van der Waals surface area contributed by atoms with Gasteiger partial charge in [-0.2, -0.15) is 0 Å². The summed E-state index contributed by atoms with van der Waals surface area (Å²) in [6.45, 7) is 0. The van der Waals surface area contributed by atoms with Gasteiger partial charge in [0.2, 0.25) is 5.95 Å². The third kappa shape index (κ3) is 2.86. The minimum absolute atomic E-state index is 0.0709. The molecule has 1 aliphatic carbocycles. The van der Waals surface area contributed by atoms with Gasteiger partial charge in [-0.1, -0.05) is 0 Å². The van der Waals surface area contributed by atoms with Gasteiger partial charge in [-0.25, -0.2) is 9.78 Å². The Hall–Kier alpha value is -2.63. The summed E-state index contributed by atoms with van der Waals surface area (Å²) in [7, 11) is 1.34. The molecule has 0 aliphatic heterocycles. The number of nitrogens with one attached hydrogen (secondary N) is 2. The number of rotatable bonds is 3. The number of carbonyl (C=O) groups is 1. The average Bonchev–Trinajstić information content (AvgIpc) is 2.55.